The first kappa shape index (κ1) is 18.2. The van der Waals surface area contributed by atoms with E-state index in [1.54, 1.807) is 30.3 Å². The molecule has 0 radical (unpaired) electrons. The average molecular weight is 392 g/mol. The minimum absolute atomic E-state index is 0.0676. The number of nitrogen functional groups attached to an aromatic ring is 1. The lowest BCUT2D eigenvalue weighted by molar-refractivity contribution is -0.113. The fourth-order valence-corrected chi connectivity index (χ4v) is 3.04. The van der Waals surface area contributed by atoms with Gasteiger partial charge in [0.05, 0.1) is 11.3 Å². The van der Waals surface area contributed by atoms with Crippen molar-refractivity contribution < 1.29 is 9.18 Å². The molecule has 0 unspecified atom stereocenters. The molecule has 0 atom stereocenters. The molecule has 1 aromatic heterocycles. The van der Waals surface area contributed by atoms with Gasteiger partial charge in [0.15, 0.2) is 5.82 Å². The predicted octanol–water partition coefficient (Wildman–Crippen LogP) is 3.49. The number of nitrogens with one attached hydrogen (secondary N) is 1. The highest BCUT2D eigenvalue weighted by Gasteiger charge is 2.16. The van der Waals surface area contributed by atoms with E-state index in [4.69, 9.17) is 17.4 Å². The van der Waals surface area contributed by atoms with Crippen molar-refractivity contribution >= 4 is 35.0 Å². The second kappa shape index (κ2) is 7.76. The lowest BCUT2D eigenvalue weighted by Crippen LogP contribution is -2.16. The smallest absolute Gasteiger partial charge is 0.234 e. The van der Waals surface area contributed by atoms with Gasteiger partial charge in [-0.15, -0.1) is 10.2 Å². The van der Waals surface area contributed by atoms with Crippen molar-refractivity contribution in [2.45, 2.75) is 12.1 Å². The van der Waals surface area contributed by atoms with Gasteiger partial charge < -0.3 is 11.2 Å². The number of hydrogen-bond donors (Lipinski definition) is 2. The SMILES string of the molecule is Cc1ccc(NC(=O)CSc2nnc(-c3ccccc3F)n2N)cc1Cl. The molecule has 0 aliphatic heterocycles. The number of nitrogens with two attached hydrogens (primary N) is 1. The van der Waals surface area contributed by atoms with E-state index in [1.807, 2.05) is 13.0 Å². The zero-order valence-electron chi connectivity index (χ0n) is 13.7. The topological polar surface area (TPSA) is 85.8 Å². The summed E-state index contributed by atoms with van der Waals surface area (Å²) in [5.41, 5.74) is 1.77. The first-order chi connectivity index (χ1) is 12.5. The number of aromatic nitrogens is 3. The van der Waals surface area contributed by atoms with Gasteiger partial charge >= 0.3 is 0 Å². The third kappa shape index (κ3) is 3.97. The number of aryl methyl sites for hydroxylation is 1. The molecule has 0 fully saturated rings. The summed E-state index contributed by atoms with van der Waals surface area (Å²) in [4.78, 5) is 12.1. The molecule has 0 saturated heterocycles. The van der Waals surface area contributed by atoms with Gasteiger partial charge in [0, 0.05) is 10.7 Å². The number of benzene rings is 2. The Balaban J connectivity index is 1.66. The predicted molar refractivity (Wildman–Crippen MR) is 101 cm³/mol. The molecule has 0 aliphatic carbocycles. The highest BCUT2D eigenvalue weighted by molar-refractivity contribution is 7.99. The summed E-state index contributed by atoms with van der Waals surface area (Å²) in [5.74, 6) is 5.50. The van der Waals surface area contributed by atoms with E-state index in [1.165, 1.54) is 10.7 Å². The van der Waals surface area contributed by atoms with Crippen molar-refractivity contribution in [3.8, 4) is 11.4 Å². The molecule has 3 aromatic rings. The van der Waals surface area contributed by atoms with Crippen molar-refractivity contribution in [3.63, 3.8) is 0 Å². The number of hydrogen-bond acceptors (Lipinski definition) is 5. The normalized spacial score (nSPS) is 10.7. The maximum absolute atomic E-state index is 13.9. The lowest BCUT2D eigenvalue weighted by Gasteiger charge is -2.07. The average Bonchev–Trinajstić information content (AvgIpc) is 2.97. The van der Waals surface area contributed by atoms with Gasteiger partial charge in [0.25, 0.3) is 0 Å². The number of carbonyl (C=O) groups is 1. The van der Waals surface area contributed by atoms with E-state index in [2.05, 4.69) is 15.5 Å². The van der Waals surface area contributed by atoms with Crippen LogP contribution in [-0.2, 0) is 4.79 Å². The Labute approximate surface area is 158 Å². The van der Waals surface area contributed by atoms with Crippen LogP contribution in [0.4, 0.5) is 10.1 Å². The minimum Gasteiger partial charge on any atom is -0.335 e. The number of halogens is 2. The molecule has 1 heterocycles. The maximum Gasteiger partial charge on any atom is 0.234 e. The Kier molecular flexibility index (Phi) is 5.43. The number of rotatable bonds is 5. The first-order valence-electron chi connectivity index (χ1n) is 7.60. The van der Waals surface area contributed by atoms with E-state index in [0.717, 1.165) is 17.3 Å². The maximum atomic E-state index is 13.9. The summed E-state index contributed by atoms with van der Waals surface area (Å²) in [6.45, 7) is 1.88. The van der Waals surface area contributed by atoms with Crippen LogP contribution in [0.25, 0.3) is 11.4 Å². The molecular formula is C17H15ClFN5OS. The number of thioether (sulfide) groups is 1. The van der Waals surface area contributed by atoms with Gasteiger partial charge in [-0.25, -0.2) is 9.07 Å². The van der Waals surface area contributed by atoms with E-state index < -0.39 is 5.82 Å². The fraction of sp³-hybridized carbons (Fsp3) is 0.118. The molecule has 3 rings (SSSR count). The van der Waals surface area contributed by atoms with Crippen LogP contribution in [0.2, 0.25) is 5.02 Å². The van der Waals surface area contributed by atoms with Crippen LogP contribution in [0.1, 0.15) is 5.56 Å². The van der Waals surface area contributed by atoms with Crippen molar-refractivity contribution in [2.75, 3.05) is 16.9 Å². The molecule has 0 aliphatic rings. The lowest BCUT2D eigenvalue weighted by atomic mass is 10.2. The monoisotopic (exact) mass is 391 g/mol. The third-order valence-corrected chi connectivity index (χ3v) is 4.92. The van der Waals surface area contributed by atoms with Crippen LogP contribution < -0.4 is 11.2 Å². The molecule has 0 saturated carbocycles. The van der Waals surface area contributed by atoms with Crippen molar-refractivity contribution in [2.24, 2.45) is 0 Å². The molecule has 3 N–H and O–H groups in total. The van der Waals surface area contributed by atoms with Gasteiger partial charge in [-0.3, -0.25) is 4.79 Å². The molecule has 6 nitrogen and oxygen atoms in total. The number of anilines is 1. The second-order valence-electron chi connectivity index (χ2n) is 5.46. The van der Waals surface area contributed by atoms with Crippen LogP contribution in [-0.4, -0.2) is 26.5 Å². The highest BCUT2D eigenvalue weighted by Crippen LogP contribution is 2.24. The molecule has 0 spiro atoms. The Bertz CT molecular complexity index is 962. The quantitative estimate of drug-likeness (QED) is 0.513. The number of amides is 1. The van der Waals surface area contributed by atoms with Crippen molar-refractivity contribution in [3.05, 3.63) is 58.9 Å². The van der Waals surface area contributed by atoms with Crippen LogP contribution in [0.5, 0.6) is 0 Å². The Hall–Kier alpha value is -2.58. The standard InChI is InChI=1S/C17H15ClFN5OS/c1-10-6-7-11(8-13(10)18)21-15(25)9-26-17-23-22-16(24(17)20)12-4-2-3-5-14(12)19/h2-8H,9,20H2,1H3,(H,21,25). The van der Waals surface area contributed by atoms with E-state index in [-0.39, 0.29) is 23.0 Å². The molecule has 26 heavy (non-hydrogen) atoms. The third-order valence-electron chi connectivity index (χ3n) is 3.57. The molecule has 9 heteroatoms. The molecule has 0 bridgehead atoms. The highest BCUT2D eigenvalue weighted by atomic mass is 35.5. The van der Waals surface area contributed by atoms with E-state index in [9.17, 15) is 9.18 Å². The summed E-state index contributed by atoms with van der Waals surface area (Å²) < 4.78 is 15.0. The summed E-state index contributed by atoms with van der Waals surface area (Å²) in [5, 5.41) is 11.5. The second-order valence-corrected chi connectivity index (χ2v) is 6.81. The molecule has 1 amide bonds. The Morgan fingerprint density at radius 3 is 2.81 bits per heavy atom. The van der Waals surface area contributed by atoms with Crippen LogP contribution in [0.3, 0.4) is 0 Å². The number of carbonyl (C=O) groups excluding carboxylic acids is 1. The van der Waals surface area contributed by atoms with Gasteiger partial charge in [-0.1, -0.05) is 41.6 Å². The number of nitrogens with zero attached hydrogens (tertiary/aromatic N) is 3. The summed E-state index contributed by atoms with van der Waals surface area (Å²) in [6.07, 6.45) is 0. The molecule has 2 aromatic carbocycles. The first-order valence-corrected chi connectivity index (χ1v) is 8.96. The van der Waals surface area contributed by atoms with Gasteiger partial charge in [-0.2, -0.15) is 0 Å². The summed E-state index contributed by atoms with van der Waals surface area (Å²) in [6, 6.07) is 11.4. The van der Waals surface area contributed by atoms with E-state index >= 15 is 0 Å². The zero-order chi connectivity index (χ0) is 18.7. The largest absolute Gasteiger partial charge is 0.335 e. The zero-order valence-corrected chi connectivity index (χ0v) is 15.3. The summed E-state index contributed by atoms with van der Waals surface area (Å²) >= 11 is 7.14. The van der Waals surface area contributed by atoms with E-state index in [0.29, 0.717) is 15.9 Å². The molecular weight excluding hydrogens is 377 g/mol. The van der Waals surface area contributed by atoms with Crippen molar-refractivity contribution in [1.82, 2.24) is 14.9 Å². The van der Waals surface area contributed by atoms with Gasteiger partial charge in [0.1, 0.15) is 5.82 Å². The molecule has 134 valence electrons. The van der Waals surface area contributed by atoms with Crippen molar-refractivity contribution in [1.29, 1.82) is 0 Å². The van der Waals surface area contributed by atoms with Crippen LogP contribution >= 0.6 is 23.4 Å². The van der Waals surface area contributed by atoms with Gasteiger partial charge in [-0.05, 0) is 36.8 Å². The Morgan fingerprint density at radius 2 is 2.08 bits per heavy atom. The van der Waals surface area contributed by atoms with Crippen LogP contribution in [0, 0.1) is 12.7 Å². The fourth-order valence-electron chi connectivity index (χ4n) is 2.20. The minimum atomic E-state index is -0.447. The Morgan fingerprint density at radius 1 is 1.31 bits per heavy atom. The van der Waals surface area contributed by atoms with Crippen LogP contribution in [0.15, 0.2) is 47.6 Å². The van der Waals surface area contributed by atoms with Gasteiger partial charge in [0.2, 0.25) is 11.1 Å². The summed E-state index contributed by atoms with van der Waals surface area (Å²) in [7, 11) is 0.